The summed E-state index contributed by atoms with van der Waals surface area (Å²) in [6.07, 6.45) is 0. The second-order valence-corrected chi connectivity index (χ2v) is 4.94. The molecule has 0 spiro atoms. The van der Waals surface area contributed by atoms with Gasteiger partial charge in [0.1, 0.15) is 0 Å². The summed E-state index contributed by atoms with van der Waals surface area (Å²) in [5, 5.41) is 3.43. The maximum atomic E-state index is 11.3. The van der Waals surface area contributed by atoms with Crippen molar-refractivity contribution in [2.75, 3.05) is 19.6 Å². The lowest BCUT2D eigenvalue weighted by molar-refractivity contribution is -0.130. The molecule has 1 N–H and O–H groups in total. The van der Waals surface area contributed by atoms with Crippen LogP contribution in [0.3, 0.4) is 0 Å². The van der Waals surface area contributed by atoms with Gasteiger partial charge in [0, 0.05) is 37.1 Å². The third kappa shape index (κ3) is 2.62. The van der Waals surface area contributed by atoms with Crippen LogP contribution in [0.25, 0.3) is 0 Å². The fourth-order valence-electron chi connectivity index (χ4n) is 1.95. The van der Waals surface area contributed by atoms with Gasteiger partial charge in [0.15, 0.2) is 0 Å². The second-order valence-electron chi connectivity index (χ2n) is 4.02. The number of rotatable bonds is 1. The molecule has 1 aliphatic rings. The number of carbonyl (C=O) groups is 1. The van der Waals surface area contributed by atoms with Crippen LogP contribution in [-0.2, 0) is 4.79 Å². The normalized spacial score (nSPS) is 20.9. The van der Waals surface area contributed by atoms with Crippen LogP contribution in [0.5, 0.6) is 0 Å². The third-order valence-electron chi connectivity index (χ3n) is 2.89. The van der Waals surface area contributed by atoms with Gasteiger partial charge in [-0.3, -0.25) is 4.79 Å². The smallest absolute Gasteiger partial charge is 0.219 e. The molecule has 16 heavy (non-hydrogen) atoms. The lowest BCUT2D eigenvalue weighted by Gasteiger charge is -2.33. The first-order valence-corrected chi connectivity index (χ1v) is 6.20. The SMILES string of the molecule is CC(=O)N1CCNC(c2ccc(Br)cc2)C1. The minimum Gasteiger partial charge on any atom is -0.340 e. The predicted octanol–water partition coefficient (Wildman–Crippen LogP) is 1.94. The van der Waals surface area contributed by atoms with E-state index < -0.39 is 0 Å². The molecule has 1 unspecified atom stereocenters. The van der Waals surface area contributed by atoms with Gasteiger partial charge < -0.3 is 10.2 Å². The minimum atomic E-state index is 0.156. The van der Waals surface area contributed by atoms with Gasteiger partial charge in [-0.05, 0) is 17.7 Å². The average Bonchev–Trinajstić information content (AvgIpc) is 2.30. The molecular formula is C12H15BrN2O. The highest BCUT2D eigenvalue weighted by molar-refractivity contribution is 9.10. The molecule has 0 aromatic heterocycles. The zero-order valence-electron chi connectivity index (χ0n) is 9.24. The molecule has 1 heterocycles. The summed E-state index contributed by atoms with van der Waals surface area (Å²) in [6.45, 7) is 4.06. The third-order valence-corrected chi connectivity index (χ3v) is 3.42. The van der Waals surface area contributed by atoms with E-state index in [4.69, 9.17) is 0 Å². The summed E-state index contributed by atoms with van der Waals surface area (Å²) >= 11 is 3.42. The molecule has 1 aromatic rings. The Balaban J connectivity index is 2.09. The zero-order chi connectivity index (χ0) is 11.5. The molecule has 1 aromatic carbocycles. The van der Waals surface area contributed by atoms with Crippen LogP contribution in [0.2, 0.25) is 0 Å². The number of hydrogen-bond donors (Lipinski definition) is 1. The molecule has 0 radical (unpaired) electrons. The number of amides is 1. The predicted molar refractivity (Wildman–Crippen MR) is 67.1 cm³/mol. The Morgan fingerprint density at radius 1 is 1.44 bits per heavy atom. The molecule has 2 rings (SSSR count). The molecule has 1 fully saturated rings. The largest absolute Gasteiger partial charge is 0.340 e. The van der Waals surface area contributed by atoms with E-state index in [1.807, 2.05) is 17.0 Å². The lowest BCUT2D eigenvalue weighted by atomic mass is 10.0. The molecule has 1 saturated heterocycles. The monoisotopic (exact) mass is 282 g/mol. The Labute approximate surface area is 104 Å². The summed E-state index contributed by atoms with van der Waals surface area (Å²) in [7, 11) is 0. The summed E-state index contributed by atoms with van der Waals surface area (Å²) in [5.41, 5.74) is 1.23. The van der Waals surface area contributed by atoms with E-state index in [1.165, 1.54) is 5.56 Å². The van der Waals surface area contributed by atoms with E-state index in [9.17, 15) is 4.79 Å². The Morgan fingerprint density at radius 2 is 2.12 bits per heavy atom. The zero-order valence-corrected chi connectivity index (χ0v) is 10.8. The first kappa shape index (κ1) is 11.6. The first-order chi connectivity index (χ1) is 7.66. The van der Waals surface area contributed by atoms with E-state index in [2.05, 4.69) is 33.4 Å². The van der Waals surface area contributed by atoms with Crippen molar-refractivity contribution >= 4 is 21.8 Å². The van der Waals surface area contributed by atoms with E-state index >= 15 is 0 Å². The van der Waals surface area contributed by atoms with Crippen molar-refractivity contribution in [2.45, 2.75) is 13.0 Å². The van der Waals surface area contributed by atoms with Crippen molar-refractivity contribution in [3.63, 3.8) is 0 Å². The number of piperazine rings is 1. The molecule has 0 aliphatic carbocycles. The maximum absolute atomic E-state index is 11.3. The van der Waals surface area contributed by atoms with Crippen molar-refractivity contribution < 1.29 is 4.79 Å². The molecule has 0 bridgehead atoms. The van der Waals surface area contributed by atoms with Crippen LogP contribution < -0.4 is 5.32 Å². The van der Waals surface area contributed by atoms with Gasteiger partial charge in [-0.15, -0.1) is 0 Å². The van der Waals surface area contributed by atoms with Gasteiger partial charge >= 0.3 is 0 Å². The van der Waals surface area contributed by atoms with Crippen molar-refractivity contribution in [1.82, 2.24) is 10.2 Å². The quantitative estimate of drug-likeness (QED) is 0.854. The van der Waals surface area contributed by atoms with Gasteiger partial charge in [-0.2, -0.15) is 0 Å². The Morgan fingerprint density at radius 3 is 2.75 bits per heavy atom. The molecule has 1 aliphatic heterocycles. The van der Waals surface area contributed by atoms with Crippen molar-refractivity contribution in [3.05, 3.63) is 34.3 Å². The van der Waals surface area contributed by atoms with Gasteiger partial charge in [0.2, 0.25) is 5.91 Å². The molecular weight excluding hydrogens is 268 g/mol. The van der Waals surface area contributed by atoms with Crippen LogP contribution in [-0.4, -0.2) is 30.4 Å². The lowest BCUT2D eigenvalue weighted by Crippen LogP contribution is -2.47. The fraction of sp³-hybridized carbons (Fsp3) is 0.417. The highest BCUT2D eigenvalue weighted by Crippen LogP contribution is 2.19. The van der Waals surface area contributed by atoms with Crippen molar-refractivity contribution in [2.24, 2.45) is 0 Å². The first-order valence-electron chi connectivity index (χ1n) is 5.41. The van der Waals surface area contributed by atoms with Crippen LogP contribution >= 0.6 is 15.9 Å². The standard InChI is InChI=1S/C12H15BrN2O/c1-9(16)15-7-6-14-12(8-15)10-2-4-11(13)5-3-10/h2-5,12,14H,6-8H2,1H3. The molecule has 1 atom stereocenters. The molecule has 0 saturated carbocycles. The van der Waals surface area contributed by atoms with E-state index in [-0.39, 0.29) is 11.9 Å². The summed E-state index contributed by atoms with van der Waals surface area (Å²) in [5.74, 6) is 0.156. The van der Waals surface area contributed by atoms with Crippen molar-refractivity contribution in [1.29, 1.82) is 0 Å². The second kappa shape index (κ2) is 4.97. The molecule has 86 valence electrons. The Hall–Kier alpha value is -0.870. The number of halogens is 1. The van der Waals surface area contributed by atoms with Crippen molar-refractivity contribution in [3.8, 4) is 0 Å². The number of nitrogens with zero attached hydrogens (tertiary/aromatic N) is 1. The van der Waals surface area contributed by atoms with Gasteiger partial charge in [-0.25, -0.2) is 0 Å². The van der Waals surface area contributed by atoms with Gasteiger partial charge in [0.05, 0.1) is 0 Å². The van der Waals surface area contributed by atoms with E-state index in [1.54, 1.807) is 6.92 Å². The number of carbonyl (C=O) groups excluding carboxylic acids is 1. The summed E-state index contributed by atoms with van der Waals surface area (Å²) in [4.78, 5) is 13.2. The Kier molecular flexibility index (Phi) is 3.61. The number of nitrogens with one attached hydrogen (secondary N) is 1. The molecule has 1 amide bonds. The summed E-state index contributed by atoms with van der Waals surface area (Å²) < 4.78 is 1.08. The van der Waals surface area contributed by atoms with Crippen LogP contribution in [0, 0.1) is 0 Å². The highest BCUT2D eigenvalue weighted by Gasteiger charge is 2.21. The van der Waals surface area contributed by atoms with E-state index in [0.29, 0.717) is 0 Å². The highest BCUT2D eigenvalue weighted by atomic mass is 79.9. The van der Waals surface area contributed by atoms with Gasteiger partial charge in [0.25, 0.3) is 0 Å². The van der Waals surface area contributed by atoms with E-state index in [0.717, 1.165) is 24.1 Å². The average molecular weight is 283 g/mol. The molecule has 4 heteroatoms. The number of benzene rings is 1. The van der Waals surface area contributed by atoms with Crippen LogP contribution in [0.15, 0.2) is 28.7 Å². The maximum Gasteiger partial charge on any atom is 0.219 e. The minimum absolute atomic E-state index is 0.156. The van der Waals surface area contributed by atoms with Crippen LogP contribution in [0.4, 0.5) is 0 Å². The molecule has 3 nitrogen and oxygen atoms in total. The Bertz CT molecular complexity index is 377. The number of hydrogen-bond acceptors (Lipinski definition) is 2. The van der Waals surface area contributed by atoms with Crippen LogP contribution in [0.1, 0.15) is 18.5 Å². The fourth-order valence-corrected chi connectivity index (χ4v) is 2.22. The topological polar surface area (TPSA) is 32.3 Å². The summed E-state index contributed by atoms with van der Waals surface area (Å²) in [6, 6.07) is 8.50. The van der Waals surface area contributed by atoms with Gasteiger partial charge in [-0.1, -0.05) is 28.1 Å².